The lowest BCUT2D eigenvalue weighted by Gasteiger charge is -2.21. The van der Waals surface area contributed by atoms with Gasteiger partial charge in [-0.2, -0.15) is 9.40 Å². The van der Waals surface area contributed by atoms with E-state index >= 15 is 0 Å². The van der Waals surface area contributed by atoms with Crippen LogP contribution >= 0.6 is 0 Å². The molecular formula is C22H25N3O5S. The normalized spacial score (nSPS) is 11.5. The number of rotatable bonds is 10. The average molecular weight is 444 g/mol. The summed E-state index contributed by atoms with van der Waals surface area (Å²) in [5.74, 6) is 1.37. The van der Waals surface area contributed by atoms with Crippen LogP contribution in [0.3, 0.4) is 0 Å². The van der Waals surface area contributed by atoms with Crippen LogP contribution in [0.4, 0.5) is 0 Å². The number of ether oxygens (including phenoxy) is 2. The number of methoxy groups -OCH3 is 2. The fourth-order valence-electron chi connectivity index (χ4n) is 3.11. The molecule has 0 saturated carbocycles. The number of carbonyl (C=O) groups excluding carboxylic acids is 1. The van der Waals surface area contributed by atoms with Crippen molar-refractivity contribution >= 4 is 16.3 Å². The van der Waals surface area contributed by atoms with Crippen molar-refractivity contribution in [2.45, 2.75) is 31.6 Å². The zero-order valence-electron chi connectivity index (χ0n) is 17.7. The first-order valence-electron chi connectivity index (χ1n) is 9.70. The van der Waals surface area contributed by atoms with Gasteiger partial charge in [0, 0.05) is 25.7 Å². The molecule has 9 heteroatoms. The van der Waals surface area contributed by atoms with E-state index < -0.39 is 10.0 Å². The summed E-state index contributed by atoms with van der Waals surface area (Å²) in [5.41, 5.74) is 1.81. The molecule has 0 atom stereocenters. The summed E-state index contributed by atoms with van der Waals surface area (Å²) in [6.45, 7) is 2.45. The highest BCUT2D eigenvalue weighted by Crippen LogP contribution is 2.23. The Morgan fingerprint density at radius 1 is 0.935 bits per heavy atom. The number of aldehydes is 1. The van der Waals surface area contributed by atoms with Crippen LogP contribution in [0.2, 0.25) is 0 Å². The van der Waals surface area contributed by atoms with Crippen LogP contribution in [-0.2, 0) is 29.7 Å². The quantitative estimate of drug-likeness (QED) is 0.447. The van der Waals surface area contributed by atoms with Crippen molar-refractivity contribution in [3.63, 3.8) is 0 Å². The summed E-state index contributed by atoms with van der Waals surface area (Å²) in [5, 5.41) is 3.99. The molecule has 0 radical (unpaired) electrons. The van der Waals surface area contributed by atoms with E-state index in [1.807, 2.05) is 24.3 Å². The Hall–Kier alpha value is -3.17. The van der Waals surface area contributed by atoms with Gasteiger partial charge in [-0.1, -0.05) is 24.3 Å². The van der Waals surface area contributed by atoms with Crippen molar-refractivity contribution in [1.82, 2.24) is 14.1 Å². The molecule has 0 N–H and O–H groups in total. The van der Waals surface area contributed by atoms with E-state index in [1.165, 1.54) is 15.1 Å². The maximum absolute atomic E-state index is 13.5. The number of aromatic nitrogens is 2. The van der Waals surface area contributed by atoms with Crippen molar-refractivity contribution in [3.8, 4) is 11.5 Å². The summed E-state index contributed by atoms with van der Waals surface area (Å²) < 4.78 is 40.0. The highest BCUT2D eigenvalue weighted by atomic mass is 32.2. The van der Waals surface area contributed by atoms with Gasteiger partial charge in [0.05, 0.1) is 14.2 Å². The zero-order chi connectivity index (χ0) is 22.4. The smallest absolute Gasteiger partial charge is 0.263 e. The molecule has 1 heterocycles. The largest absolute Gasteiger partial charge is 0.497 e. The monoisotopic (exact) mass is 443 g/mol. The minimum Gasteiger partial charge on any atom is -0.497 e. The molecule has 3 aromatic rings. The first-order chi connectivity index (χ1) is 14.9. The Morgan fingerprint density at radius 2 is 1.42 bits per heavy atom. The van der Waals surface area contributed by atoms with E-state index in [1.54, 1.807) is 45.4 Å². The third-order valence-corrected chi connectivity index (χ3v) is 6.52. The molecule has 31 heavy (non-hydrogen) atoms. The molecular weight excluding hydrogens is 418 g/mol. The van der Waals surface area contributed by atoms with Gasteiger partial charge in [-0.3, -0.25) is 9.48 Å². The molecule has 8 nitrogen and oxygen atoms in total. The van der Waals surface area contributed by atoms with Gasteiger partial charge >= 0.3 is 0 Å². The Bertz CT molecular complexity index is 1070. The van der Waals surface area contributed by atoms with Crippen molar-refractivity contribution in [2.24, 2.45) is 0 Å². The topological polar surface area (TPSA) is 90.7 Å². The minimum atomic E-state index is -3.97. The molecule has 0 saturated heterocycles. The lowest BCUT2D eigenvalue weighted by atomic mass is 10.2. The van der Waals surface area contributed by atoms with Crippen LogP contribution in [0.5, 0.6) is 11.5 Å². The lowest BCUT2D eigenvalue weighted by Crippen LogP contribution is -2.30. The first-order valence-corrected chi connectivity index (χ1v) is 11.1. The molecule has 0 aliphatic carbocycles. The van der Waals surface area contributed by atoms with Crippen molar-refractivity contribution < 1.29 is 22.7 Å². The number of carbonyl (C=O) groups is 1. The standard InChI is InChI=1S/C22H25N3O5S/c1-4-25-19(16-26)13-22(23-25)31(27,28)24(14-17-5-9-20(29-2)10-6-17)15-18-7-11-21(30-3)12-8-18/h5-13,16H,4,14-15H2,1-3H3. The van der Waals surface area contributed by atoms with Gasteiger partial charge in [-0.25, -0.2) is 8.42 Å². The fourth-order valence-corrected chi connectivity index (χ4v) is 4.48. The van der Waals surface area contributed by atoms with Crippen LogP contribution in [0.15, 0.2) is 59.6 Å². The van der Waals surface area contributed by atoms with Gasteiger partial charge in [-0.05, 0) is 42.3 Å². The van der Waals surface area contributed by atoms with E-state index in [-0.39, 0.29) is 23.8 Å². The summed E-state index contributed by atoms with van der Waals surface area (Å²) in [6, 6.07) is 15.7. The average Bonchev–Trinajstić information content (AvgIpc) is 3.24. The SMILES string of the molecule is CCn1nc(S(=O)(=O)N(Cc2ccc(OC)cc2)Cc2ccc(OC)cc2)cc1C=O. The van der Waals surface area contributed by atoms with Gasteiger partial charge in [-0.15, -0.1) is 0 Å². The molecule has 164 valence electrons. The predicted molar refractivity (Wildman–Crippen MR) is 116 cm³/mol. The number of benzene rings is 2. The zero-order valence-corrected chi connectivity index (χ0v) is 18.5. The number of aryl methyl sites for hydroxylation is 1. The predicted octanol–water partition coefficient (Wildman–Crippen LogP) is 3.12. The number of sulfonamides is 1. The van der Waals surface area contributed by atoms with Crippen molar-refractivity contribution in [2.75, 3.05) is 14.2 Å². The Balaban J connectivity index is 1.97. The number of hydrogen-bond donors (Lipinski definition) is 0. The van der Waals surface area contributed by atoms with Crippen LogP contribution in [0.1, 0.15) is 28.5 Å². The minimum absolute atomic E-state index is 0.133. The molecule has 2 aromatic carbocycles. The van der Waals surface area contributed by atoms with Crippen molar-refractivity contribution in [1.29, 1.82) is 0 Å². The van der Waals surface area contributed by atoms with Gasteiger partial charge < -0.3 is 9.47 Å². The Kier molecular flexibility index (Phi) is 7.09. The second-order valence-electron chi connectivity index (χ2n) is 6.81. The highest BCUT2D eigenvalue weighted by molar-refractivity contribution is 7.89. The van der Waals surface area contributed by atoms with Crippen molar-refractivity contribution in [3.05, 3.63) is 71.4 Å². The maximum Gasteiger partial charge on any atom is 0.263 e. The van der Waals surface area contributed by atoms with E-state index in [0.717, 1.165) is 11.1 Å². The number of nitrogens with zero attached hydrogens (tertiary/aromatic N) is 3. The molecule has 0 spiro atoms. The summed E-state index contributed by atoms with van der Waals surface area (Å²) in [4.78, 5) is 11.3. The summed E-state index contributed by atoms with van der Waals surface area (Å²) in [6.07, 6.45) is 0.604. The maximum atomic E-state index is 13.5. The molecule has 0 fully saturated rings. The number of hydrogen-bond acceptors (Lipinski definition) is 6. The van der Waals surface area contributed by atoms with Gasteiger partial charge in [0.2, 0.25) is 0 Å². The second kappa shape index (κ2) is 9.76. The molecule has 1 aromatic heterocycles. The van der Waals surface area contributed by atoms with E-state index in [4.69, 9.17) is 9.47 Å². The molecule has 0 bridgehead atoms. The Labute approximate surface area is 182 Å². The second-order valence-corrected chi connectivity index (χ2v) is 8.70. The highest BCUT2D eigenvalue weighted by Gasteiger charge is 2.28. The van der Waals surface area contributed by atoms with Crippen LogP contribution in [0.25, 0.3) is 0 Å². The van der Waals surface area contributed by atoms with E-state index in [0.29, 0.717) is 24.3 Å². The summed E-state index contributed by atoms with van der Waals surface area (Å²) in [7, 11) is -0.824. The van der Waals surface area contributed by atoms with Crippen LogP contribution < -0.4 is 9.47 Å². The summed E-state index contributed by atoms with van der Waals surface area (Å²) >= 11 is 0. The van der Waals surface area contributed by atoms with Crippen LogP contribution in [-0.4, -0.2) is 43.0 Å². The fraction of sp³-hybridized carbons (Fsp3) is 0.273. The lowest BCUT2D eigenvalue weighted by molar-refractivity contribution is 0.111. The Morgan fingerprint density at radius 3 is 1.77 bits per heavy atom. The molecule has 0 unspecified atom stereocenters. The third-order valence-electron chi connectivity index (χ3n) is 4.85. The molecule has 0 aliphatic heterocycles. The first kappa shape index (κ1) is 22.5. The van der Waals surface area contributed by atoms with Gasteiger partial charge in [0.15, 0.2) is 11.3 Å². The van der Waals surface area contributed by atoms with E-state index in [2.05, 4.69) is 5.10 Å². The van der Waals surface area contributed by atoms with Gasteiger partial charge in [0.25, 0.3) is 10.0 Å². The van der Waals surface area contributed by atoms with E-state index in [9.17, 15) is 13.2 Å². The molecule has 3 rings (SSSR count). The van der Waals surface area contributed by atoms with Crippen LogP contribution in [0, 0.1) is 0 Å². The molecule has 0 amide bonds. The third kappa shape index (κ3) is 5.12. The molecule has 0 aliphatic rings. The van der Waals surface area contributed by atoms with Gasteiger partial charge in [0.1, 0.15) is 17.2 Å².